The van der Waals surface area contributed by atoms with E-state index in [1.54, 1.807) is 0 Å². The normalized spacial score (nSPS) is 13.6. The summed E-state index contributed by atoms with van der Waals surface area (Å²) >= 11 is 0. The SMILES string of the molecule is Cc1cc(C(CC(C)C)C(C)C)ccc1OC(C)OCCOc1ccccc1. The molecule has 0 N–H and O–H groups in total. The van der Waals surface area contributed by atoms with E-state index in [1.165, 1.54) is 12.0 Å². The molecule has 28 heavy (non-hydrogen) atoms. The molecule has 0 heterocycles. The van der Waals surface area contributed by atoms with Gasteiger partial charge in [-0.3, -0.25) is 0 Å². The number of aryl methyl sites for hydroxylation is 1. The average molecular weight is 385 g/mol. The molecule has 0 saturated carbocycles. The van der Waals surface area contributed by atoms with Crippen molar-refractivity contribution in [3.63, 3.8) is 0 Å². The molecule has 0 amide bonds. The van der Waals surface area contributed by atoms with Gasteiger partial charge < -0.3 is 14.2 Å². The number of hydrogen-bond donors (Lipinski definition) is 0. The molecule has 2 aromatic rings. The monoisotopic (exact) mass is 384 g/mol. The zero-order chi connectivity index (χ0) is 20.5. The summed E-state index contributed by atoms with van der Waals surface area (Å²) < 4.78 is 17.4. The van der Waals surface area contributed by atoms with E-state index < -0.39 is 0 Å². The number of ether oxygens (including phenoxy) is 3. The van der Waals surface area contributed by atoms with E-state index >= 15 is 0 Å². The minimum atomic E-state index is -0.319. The summed E-state index contributed by atoms with van der Waals surface area (Å²) in [6, 6.07) is 16.3. The lowest BCUT2D eigenvalue weighted by Gasteiger charge is -2.25. The van der Waals surface area contributed by atoms with Gasteiger partial charge in [-0.25, -0.2) is 0 Å². The summed E-state index contributed by atoms with van der Waals surface area (Å²) in [5, 5.41) is 0. The Kier molecular flexibility index (Phi) is 8.85. The lowest BCUT2D eigenvalue weighted by molar-refractivity contribution is -0.0742. The summed E-state index contributed by atoms with van der Waals surface area (Å²) in [5.41, 5.74) is 2.56. The van der Waals surface area contributed by atoms with Gasteiger partial charge in [0.2, 0.25) is 0 Å². The first-order valence-electron chi connectivity index (χ1n) is 10.4. The van der Waals surface area contributed by atoms with Crippen LogP contribution in [0.2, 0.25) is 0 Å². The molecular weight excluding hydrogens is 348 g/mol. The van der Waals surface area contributed by atoms with Gasteiger partial charge >= 0.3 is 0 Å². The molecule has 2 aromatic carbocycles. The van der Waals surface area contributed by atoms with Crippen molar-refractivity contribution in [3.8, 4) is 11.5 Å². The van der Waals surface area contributed by atoms with Gasteiger partial charge in [-0.05, 0) is 67.3 Å². The molecule has 0 aliphatic heterocycles. The maximum Gasteiger partial charge on any atom is 0.197 e. The highest BCUT2D eigenvalue weighted by atomic mass is 16.7. The smallest absolute Gasteiger partial charge is 0.197 e. The summed E-state index contributed by atoms with van der Waals surface area (Å²) in [5.74, 6) is 3.63. The molecule has 0 bridgehead atoms. The number of benzene rings is 2. The van der Waals surface area contributed by atoms with Gasteiger partial charge in [-0.15, -0.1) is 0 Å². The molecular formula is C25H36O3. The van der Waals surface area contributed by atoms with Crippen LogP contribution in [0, 0.1) is 18.8 Å². The van der Waals surface area contributed by atoms with Crippen LogP contribution in [0.25, 0.3) is 0 Å². The third-order valence-corrected chi connectivity index (χ3v) is 4.90. The van der Waals surface area contributed by atoms with Gasteiger partial charge in [0.25, 0.3) is 0 Å². The minimum absolute atomic E-state index is 0.319. The molecule has 0 saturated heterocycles. The molecule has 3 heteroatoms. The lowest BCUT2D eigenvalue weighted by atomic mass is 9.82. The number of rotatable bonds is 11. The highest BCUT2D eigenvalue weighted by Gasteiger charge is 2.18. The van der Waals surface area contributed by atoms with E-state index in [4.69, 9.17) is 14.2 Å². The van der Waals surface area contributed by atoms with Crippen molar-refractivity contribution < 1.29 is 14.2 Å². The first-order valence-corrected chi connectivity index (χ1v) is 10.4. The van der Waals surface area contributed by atoms with E-state index in [0.717, 1.165) is 17.1 Å². The van der Waals surface area contributed by atoms with Gasteiger partial charge in [0.15, 0.2) is 6.29 Å². The number of hydrogen-bond acceptors (Lipinski definition) is 3. The van der Waals surface area contributed by atoms with Crippen molar-refractivity contribution in [3.05, 3.63) is 59.7 Å². The maximum absolute atomic E-state index is 6.00. The molecule has 0 radical (unpaired) electrons. The summed E-state index contributed by atoms with van der Waals surface area (Å²) in [6.45, 7) is 14.2. The van der Waals surface area contributed by atoms with Crippen molar-refractivity contribution in [1.29, 1.82) is 0 Å². The lowest BCUT2D eigenvalue weighted by Crippen LogP contribution is -2.20. The molecule has 0 spiro atoms. The van der Waals surface area contributed by atoms with Crippen LogP contribution in [0.1, 0.15) is 58.1 Å². The Labute approximate surface area is 171 Å². The van der Waals surface area contributed by atoms with Crippen molar-refractivity contribution in [2.45, 2.75) is 60.2 Å². The Morgan fingerprint density at radius 1 is 0.857 bits per heavy atom. The molecule has 0 aliphatic carbocycles. The Bertz CT molecular complexity index is 694. The predicted octanol–water partition coefficient (Wildman–Crippen LogP) is 6.60. The topological polar surface area (TPSA) is 27.7 Å². The third-order valence-electron chi connectivity index (χ3n) is 4.90. The molecule has 2 atom stereocenters. The van der Waals surface area contributed by atoms with Gasteiger partial charge in [0.1, 0.15) is 18.1 Å². The fourth-order valence-corrected chi connectivity index (χ4v) is 3.44. The largest absolute Gasteiger partial charge is 0.491 e. The van der Waals surface area contributed by atoms with Gasteiger partial charge in [-0.1, -0.05) is 58.0 Å². The second-order valence-electron chi connectivity index (χ2n) is 8.22. The zero-order valence-corrected chi connectivity index (χ0v) is 18.3. The van der Waals surface area contributed by atoms with Crippen LogP contribution in [0.5, 0.6) is 11.5 Å². The van der Waals surface area contributed by atoms with E-state index in [0.29, 0.717) is 31.0 Å². The summed E-state index contributed by atoms with van der Waals surface area (Å²) in [6.07, 6.45) is 0.888. The molecule has 154 valence electrons. The van der Waals surface area contributed by atoms with Crippen molar-refractivity contribution >= 4 is 0 Å². The molecule has 2 rings (SSSR count). The highest BCUT2D eigenvalue weighted by Crippen LogP contribution is 2.33. The van der Waals surface area contributed by atoms with Crippen LogP contribution in [-0.4, -0.2) is 19.5 Å². The minimum Gasteiger partial charge on any atom is -0.491 e. The Morgan fingerprint density at radius 2 is 1.57 bits per heavy atom. The van der Waals surface area contributed by atoms with Crippen LogP contribution >= 0.6 is 0 Å². The standard InChI is InChI=1S/C25H36O3/c1-18(2)16-24(19(3)4)22-12-13-25(20(5)17-22)28-21(6)26-14-15-27-23-10-8-7-9-11-23/h7-13,17-19,21,24H,14-16H2,1-6H3. The Hall–Kier alpha value is -2.00. The van der Waals surface area contributed by atoms with Crippen molar-refractivity contribution in [2.24, 2.45) is 11.8 Å². The Balaban J connectivity index is 1.85. The van der Waals surface area contributed by atoms with Crippen LogP contribution in [0.3, 0.4) is 0 Å². The summed E-state index contributed by atoms with van der Waals surface area (Å²) in [7, 11) is 0. The predicted molar refractivity (Wildman–Crippen MR) is 116 cm³/mol. The van der Waals surface area contributed by atoms with Gasteiger partial charge in [0, 0.05) is 0 Å². The van der Waals surface area contributed by atoms with E-state index in [2.05, 4.69) is 52.8 Å². The molecule has 0 aliphatic rings. The average Bonchev–Trinajstić information content (AvgIpc) is 2.65. The maximum atomic E-state index is 6.00. The molecule has 2 unspecified atom stereocenters. The van der Waals surface area contributed by atoms with Crippen LogP contribution in [0.4, 0.5) is 0 Å². The van der Waals surface area contributed by atoms with Crippen molar-refractivity contribution in [1.82, 2.24) is 0 Å². The third kappa shape index (κ3) is 7.20. The fourth-order valence-electron chi connectivity index (χ4n) is 3.44. The molecule has 0 fully saturated rings. The summed E-state index contributed by atoms with van der Waals surface area (Å²) in [4.78, 5) is 0. The van der Waals surface area contributed by atoms with Crippen LogP contribution < -0.4 is 9.47 Å². The quantitative estimate of drug-likeness (QED) is 0.323. The van der Waals surface area contributed by atoms with Crippen LogP contribution in [-0.2, 0) is 4.74 Å². The number of para-hydroxylation sites is 1. The van der Waals surface area contributed by atoms with E-state index in [-0.39, 0.29) is 6.29 Å². The zero-order valence-electron chi connectivity index (χ0n) is 18.3. The first kappa shape index (κ1) is 22.3. The second kappa shape index (κ2) is 11.1. The van der Waals surface area contributed by atoms with Crippen molar-refractivity contribution in [2.75, 3.05) is 13.2 Å². The fraction of sp³-hybridized carbons (Fsp3) is 0.520. The molecule has 0 aromatic heterocycles. The highest BCUT2D eigenvalue weighted by molar-refractivity contribution is 5.38. The first-order chi connectivity index (χ1) is 13.4. The van der Waals surface area contributed by atoms with E-state index in [9.17, 15) is 0 Å². The van der Waals surface area contributed by atoms with Gasteiger partial charge in [-0.2, -0.15) is 0 Å². The van der Waals surface area contributed by atoms with Crippen LogP contribution in [0.15, 0.2) is 48.5 Å². The second-order valence-corrected chi connectivity index (χ2v) is 8.22. The Morgan fingerprint density at radius 3 is 2.18 bits per heavy atom. The van der Waals surface area contributed by atoms with Gasteiger partial charge in [0.05, 0.1) is 6.61 Å². The van der Waals surface area contributed by atoms with E-state index in [1.807, 2.05) is 37.3 Å². The molecule has 3 nitrogen and oxygen atoms in total.